The summed E-state index contributed by atoms with van der Waals surface area (Å²) in [4.78, 5) is 18.5. The average Bonchev–Trinajstić information content (AvgIpc) is 3.38. The largest absolute Gasteiger partial charge is 0.357 e. The van der Waals surface area contributed by atoms with Crippen molar-refractivity contribution in [3.8, 4) is 21.8 Å². The molecule has 0 atom stereocenters. The zero-order chi connectivity index (χ0) is 17.3. The SMILES string of the molecule is c1ccc(-c2cc3ccc(-c4ccc(N5CCCC5)nc4)nc3s2)nc1. The number of thiophene rings is 1. The summed E-state index contributed by atoms with van der Waals surface area (Å²) < 4.78 is 0. The lowest BCUT2D eigenvalue weighted by molar-refractivity contribution is 0.938. The molecule has 1 aliphatic rings. The molecule has 0 amide bonds. The van der Waals surface area contributed by atoms with Crippen LogP contribution in [-0.2, 0) is 0 Å². The van der Waals surface area contributed by atoms with Gasteiger partial charge in [0.15, 0.2) is 0 Å². The van der Waals surface area contributed by atoms with Crippen molar-refractivity contribution in [2.75, 3.05) is 18.0 Å². The van der Waals surface area contributed by atoms with Gasteiger partial charge in [-0.25, -0.2) is 9.97 Å². The zero-order valence-electron chi connectivity index (χ0n) is 14.3. The fourth-order valence-electron chi connectivity index (χ4n) is 3.38. The predicted molar refractivity (Wildman–Crippen MR) is 108 cm³/mol. The highest BCUT2D eigenvalue weighted by Crippen LogP contribution is 2.33. The molecule has 26 heavy (non-hydrogen) atoms. The van der Waals surface area contributed by atoms with E-state index in [0.717, 1.165) is 51.0 Å². The van der Waals surface area contributed by atoms with Crippen LogP contribution in [0.2, 0.25) is 0 Å². The van der Waals surface area contributed by atoms with E-state index in [2.05, 4.69) is 45.2 Å². The van der Waals surface area contributed by atoms with Gasteiger partial charge in [-0.2, -0.15) is 0 Å². The molecule has 5 heteroatoms. The van der Waals surface area contributed by atoms with Gasteiger partial charge in [-0.15, -0.1) is 11.3 Å². The molecule has 0 N–H and O–H groups in total. The molecule has 5 heterocycles. The topological polar surface area (TPSA) is 41.9 Å². The Morgan fingerprint density at radius 2 is 1.81 bits per heavy atom. The van der Waals surface area contributed by atoms with E-state index in [1.807, 2.05) is 30.6 Å². The summed E-state index contributed by atoms with van der Waals surface area (Å²) in [5, 5.41) is 1.15. The lowest BCUT2D eigenvalue weighted by atomic mass is 10.1. The van der Waals surface area contributed by atoms with E-state index in [0.29, 0.717) is 0 Å². The van der Waals surface area contributed by atoms with E-state index in [-0.39, 0.29) is 0 Å². The van der Waals surface area contributed by atoms with Crippen LogP contribution in [0.25, 0.3) is 32.0 Å². The second-order valence-electron chi connectivity index (χ2n) is 6.52. The van der Waals surface area contributed by atoms with Crippen LogP contribution in [0.1, 0.15) is 12.8 Å². The van der Waals surface area contributed by atoms with Gasteiger partial charge in [0.25, 0.3) is 0 Å². The molecule has 0 unspecified atom stereocenters. The number of aromatic nitrogens is 3. The van der Waals surface area contributed by atoms with Gasteiger partial charge in [-0.05, 0) is 55.3 Å². The average molecular weight is 358 g/mol. The summed E-state index contributed by atoms with van der Waals surface area (Å²) in [6, 6.07) is 16.6. The molecule has 4 nitrogen and oxygen atoms in total. The summed E-state index contributed by atoms with van der Waals surface area (Å²) in [5.74, 6) is 1.07. The molecule has 0 radical (unpaired) electrons. The fraction of sp³-hybridized carbons (Fsp3) is 0.190. The summed E-state index contributed by atoms with van der Waals surface area (Å²) in [6.07, 6.45) is 6.29. The highest BCUT2D eigenvalue weighted by molar-refractivity contribution is 7.21. The predicted octanol–water partition coefficient (Wildman–Crippen LogP) is 5.02. The summed E-state index contributed by atoms with van der Waals surface area (Å²) in [6.45, 7) is 2.23. The van der Waals surface area contributed by atoms with Crippen molar-refractivity contribution < 1.29 is 0 Å². The Labute approximate surface area is 156 Å². The molecule has 0 aliphatic carbocycles. The van der Waals surface area contributed by atoms with Gasteiger partial charge in [-0.1, -0.05) is 6.07 Å². The molecular weight excluding hydrogens is 340 g/mol. The van der Waals surface area contributed by atoms with Crippen molar-refractivity contribution in [3.63, 3.8) is 0 Å². The number of anilines is 1. The summed E-state index contributed by atoms with van der Waals surface area (Å²) in [7, 11) is 0. The maximum absolute atomic E-state index is 4.86. The second-order valence-corrected chi connectivity index (χ2v) is 7.55. The summed E-state index contributed by atoms with van der Waals surface area (Å²) in [5.41, 5.74) is 3.02. The molecule has 0 saturated carbocycles. The molecule has 128 valence electrons. The Hall–Kier alpha value is -2.79. The molecule has 4 aromatic heterocycles. The molecule has 0 spiro atoms. The van der Waals surface area contributed by atoms with Crippen LogP contribution >= 0.6 is 11.3 Å². The standard InChI is InChI=1S/C21H18N4S/c1-2-10-22-18(5-1)19-13-15-6-8-17(24-21(15)26-19)16-7-9-20(23-14-16)25-11-3-4-12-25/h1-2,5-10,13-14H,3-4,11-12H2. The maximum Gasteiger partial charge on any atom is 0.128 e. The van der Waals surface area contributed by atoms with Crippen molar-refractivity contribution in [1.29, 1.82) is 0 Å². The molecule has 0 aromatic carbocycles. The van der Waals surface area contributed by atoms with Gasteiger partial charge in [0.05, 0.1) is 16.3 Å². The molecule has 1 aliphatic heterocycles. The molecule has 4 aromatic rings. The van der Waals surface area contributed by atoms with Gasteiger partial charge in [0, 0.05) is 36.4 Å². The fourth-order valence-corrected chi connectivity index (χ4v) is 4.39. The lowest BCUT2D eigenvalue weighted by Crippen LogP contribution is -2.18. The number of pyridine rings is 3. The zero-order valence-corrected chi connectivity index (χ0v) is 15.1. The minimum absolute atomic E-state index is 0.965. The first-order valence-electron chi connectivity index (χ1n) is 8.90. The molecular formula is C21H18N4S. The minimum atomic E-state index is 0.965. The van der Waals surface area contributed by atoms with Crippen LogP contribution in [0.5, 0.6) is 0 Å². The van der Waals surface area contributed by atoms with E-state index in [1.54, 1.807) is 11.3 Å². The van der Waals surface area contributed by atoms with E-state index >= 15 is 0 Å². The Morgan fingerprint density at radius 1 is 0.885 bits per heavy atom. The third-order valence-corrected chi connectivity index (χ3v) is 5.84. The number of nitrogens with zero attached hydrogens (tertiary/aromatic N) is 4. The normalized spacial score (nSPS) is 14.2. The molecule has 1 saturated heterocycles. The number of hydrogen-bond acceptors (Lipinski definition) is 5. The maximum atomic E-state index is 4.86. The van der Waals surface area contributed by atoms with Gasteiger partial charge < -0.3 is 4.90 Å². The van der Waals surface area contributed by atoms with Gasteiger partial charge in [0.1, 0.15) is 10.6 Å². The highest BCUT2D eigenvalue weighted by Gasteiger charge is 2.14. The quantitative estimate of drug-likeness (QED) is 0.516. The Bertz CT molecular complexity index is 1030. The first-order chi connectivity index (χ1) is 12.9. The van der Waals surface area contributed by atoms with Gasteiger partial charge in [-0.3, -0.25) is 4.98 Å². The van der Waals surface area contributed by atoms with Crippen LogP contribution in [-0.4, -0.2) is 28.0 Å². The van der Waals surface area contributed by atoms with Gasteiger partial charge >= 0.3 is 0 Å². The van der Waals surface area contributed by atoms with Gasteiger partial charge in [0.2, 0.25) is 0 Å². The number of rotatable bonds is 3. The van der Waals surface area contributed by atoms with Crippen LogP contribution < -0.4 is 4.90 Å². The van der Waals surface area contributed by atoms with E-state index < -0.39 is 0 Å². The molecule has 0 bridgehead atoms. The van der Waals surface area contributed by atoms with E-state index in [4.69, 9.17) is 4.98 Å². The number of hydrogen-bond donors (Lipinski definition) is 0. The van der Waals surface area contributed by atoms with Crippen molar-refractivity contribution in [1.82, 2.24) is 15.0 Å². The van der Waals surface area contributed by atoms with Crippen molar-refractivity contribution in [3.05, 3.63) is 60.9 Å². The Balaban J connectivity index is 1.47. The van der Waals surface area contributed by atoms with Crippen LogP contribution in [0, 0.1) is 0 Å². The lowest BCUT2D eigenvalue weighted by Gasteiger charge is -2.16. The third kappa shape index (κ3) is 2.84. The number of fused-ring (bicyclic) bond motifs is 1. The monoisotopic (exact) mass is 358 g/mol. The summed E-state index contributed by atoms with van der Waals surface area (Å²) >= 11 is 1.68. The van der Waals surface area contributed by atoms with Crippen LogP contribution in [0.15, 0.2) is 60.9 Å². The second kappa shape index (κ2) is 6.50. The minimum Gasteiger partial charge on any atom is -0.357 e. The first kappa shape index (κ1) is 15.5. The Kier molecular flexibility index (Phi) is 3.87. The van der Waals surface area contributed by atoms with E-state index in [1.165, 1.54) is 12.8 Å². The van der Waals surface area contributed by atoms with Crippen LogP contribution in [0.4, 0.5) is 5.82 Å². The molecule has 5 rings (SSSR count). The van der Waals surface area contributed by atoms with Crippen molar-refractivity contribution in [2.24, 2.45) is 0 Å². The molecule has 1 fully saturated rings. The smallest absolute Gasteiger partial charge is 0.128 e. The van der Waals surface area contributed by atoms with E-state index in [9.17, 15) is 0 Å². The van der Waals surface area contributed by atoms with Crippen LogP contribution in [0.3, 0.4) is 0 Å². The van der Waals surface area contributed by atoms with Crippen molar-refractivity contribution >= 4 is 27.4 Å². The first-order valence-corrected chi connectivity index (χ1v) is 9.72. The highest BCUT2D eigenvalue weighted by atomic mass is 32.1. The third-order valence-electron chi connectivity index (χ3n) is 4.77. The Morgan fingerprint density at radius 3 is 2.58 bits per heavy atom. The van der Waals surface area contributed by atoms with Crippen molar-refractivity contribution in [2.45, 2.75) is 12.8 Å².